The summed E-state index contributed by atoms with van der Waals surface area (Å²) in [6, 6.07) is 5.33. The Balaban J connectivity index is 1.67. The lowest BCUT2D eigenvalue weighted by molar-refractivity contribution is -0.150. The Morgan fingerprint density at radius 1 is 1.19 bits per heavy atom. The van der Waals surface area contributed by atoms with Crippen molar-refractivity contribution in [3.05, 3.63) is 24.3 Å². The smallest absolute Gasteiger partial charge is 0.326 e. The summed E-state index contributed by atoms with van der Waals surface area (Å²) < 4.78 is 5.13. The number of ether oxygens (including phenoxy) is 1. The molecular weight excluding hydrogens is 402 g/mol. The van der Waals surface area contributed by atoms with E-state index in [0.717, 1.165) is 0 Å². The van der Waals surface area contributed by atoms with Gasteiger partial charge in [-0.15, -0.1) is 0 Å². The van der Waals surface area contributed by atoms with E-state index in [1.54, 1.807) is 50.1 Å². The van der Waals surface area contributed by atoms with Crippen LogP contribution in [0.15, 0.2) is 24.3 Å². The maximum Gasteiger partial charge on any atom is 0.326 e. The number of nitrogens with zero attached hydrogens (tertiary/aromatic N) is 2. The minimum absolute atomic E-state index is 0.0539. The molecule has 0 aromatic heterocycles. The fourth-order valence-corrected chi connectivity index (χ4v) is 4.15. The Morgan fingerprint density at radius 3 is 2.45 bits per heavy atom. The van der Waals surface area contributed by atoms with E-state index in [0.29, 0.717) is 30.8 Å². The van der Waals surface area contributed by atoms with Crippen LogP contribution in [0.4, 0.5) is 5.69 Å². The lowest BCUT2D eigenvalue weighted by Gasteiger charge is -2.30. The van der Waals surface area contributed by atoms with E-state index in [1.807, 2.05) is 0 Å². The first-order valence-corrected chi connectivity index (χ1v) is 10.5. The van der Waals surface area contributed by atoms with E-state index in [2.05, 4.69) is 5.32 Å². The summed E-state index contributed by atoms with van der Waals surface area (Å²) in [7, 11) is 1.56. The largest absolute Gasteiger partial charge is 0.497 e. The lowest BCUT2D eigenvalue weighted by Crippen LogP contribution is -2.54. The number of benzene rings is 1. The monoisotopic (exact) mass is 431 g/mol. The molecule has 2 heterocycles. The molecule has 31 heavy (non-hydrogen) atoms. The van der Waals surface area contributed by atoms with Crippen LogP contribution in [-0.4, -0.2) is 66.0 Å². The first-order valence-electron chi connectivity index (χ1n) is 10.5. The molecule has 0 bridgehead atoms. The summed E-state index contributed by atoms with van der Waals surface area (Å²) in [4.78, 5) is 52.8. The van der Waals surface area contributed by atoms with Crippen molar-refractivity contribution in [2.45, 2.75) is 45.2 Å². The fourth-order valence-electron chi connectivity index (χ4n) is 4.15. The van der Waals surface area contributed by atoms with Crippen LogP contribution < -0.4 is 15.0 Å². The highest BCUT2D eigenvalue weighted by molar-refractivity contribution is 6.01. The van der Waals surface area contributed by atoms with Gasteiger partial charge in [-0.3, -0.25) is 14.4 Å². The highest BCUT2D eigenvalue weighted by Crippen LogP contribution is 2.27. The van der Waals surface area contributed by atoms with Crippen molar-refractivity contribution in [3.63, 3.8) is 0 Å². The zero-order valence-electron chi connectivity index (χ0n) is 18.0. The van der Waals surface area contributed by atoms with Gasteiger partial charge >= 0.3 is 5.97 Å². The Hall–Kier alpha value is -3.10. The lowest BCUT2D eigenvalue weighted by atomic mass is 10.00. The van der Waals surface area contributed by atoms with Crippen molar-refractivity contribution in [2.24, 2.45) is 11.8 Å². The number of hydrogen-bond donors (Lipinski definition) is 2. The Kier molecular flexibility index (Phi) is 6.82. The average molecular weight is 431 g/mol. The van der Waals surface area contributed by atoms with Crippen LogP contribution in [0.25, 0.3) is 0 Å². The van der Waals surface area contributed by atoms with Crippen LogP contribution in [0.1, 0.15) is 33.1 Å². The van der Waals surface area contributed by atoms with Crippen molar-refractivity contribution < 1.29 is 29.0 Å². The number of methoxy groups -OCH3 is 1. The van der Waals surface area contributed by atoms with Gasteiger partial charge in [0.2, 0.25) is 17.7 Å². The zero-order chi connectivity index (χ0) is 22.7. The Bertz CT molecular complexity index is 853. The standard InChI is InChI=1S/C22H29N3O6/c1-13(2)19(21(28)24-10-4-5-17(24)22(29)30)23-20(27)14-11-18(26)25(12-14)15-6-8-16(31-3)9-7-15/h6-9,13-14,17,19H,4-5,10-12H2,1-3H3,(H,23,27)(H,29,30)/t14?,17-,19-/m0/s1. The molecule has 1 unspecified atom stereocenters. The van der Waals surface area contributed by atoms with Gasteiger partial charge in [0, 0.05) is 25.2 Å². The third kappa shape index (κ3) is 4.81. The summed E-state index contributed by atoms with van der Waals surface area (Å²) >= 11 is 0. The maximum absolute atomic E-state index is 13.0. The summed E-state index contributed by atoms with van der Waals surface area (Å²) in [6.07, 6.45) is 1.08. The minimum atomic E-state index is -1.03. The number of hydrogen-bond acceptors (Lipinski definition) is 5. The van der Waals surface area contributed by atoms with Crippen LogP contribution in [0.3, 0.4) is 0 Å². The number of carboxylic acid groups (broad SMARTS) is 1. The topological polar surface area (TPSA) is 116 Å². The Morgan fingerprint density at radius 2 is 1.87 bits per heavy atom. The second-order valence-electron chi connectivity index (χ2n) is 8.36. The number of carbonyl (C=O) groups is 4. The Labute approximate surface area is 181 Å². The van der Waals surface area contributed by atoms with Gasteiger partial charge in [0.1, 0.15) is 17.8 Å². The van der Waals surface area contributed by atoms with E-state index < -0.39 is 24.0 Å². The van der Waals surface area contributed by atoms with Crippen LogP contribution >= 0.6 is 0 Å². The second kappa shape index (κ2) is 9.36. The van der Waals surface area contributed by atoms with Crippen LogP contribution in [0.5, 0.6) is 5.75 Å². The first-order chi connectivity index (χ1) is 14.7. The number of anilines is 1. The normalized spacial score (nSPS) is 22.0. The van der Waals surface area contributed by atoms with Crippen LogP contribution in [0.2, 0.25) is 0 Å². The molecule has 3 rings (SSSR count). The molecule has 2 fully saturated rings. The molecule has 9 nitrogen and oxygen atoms in total. The number of carbonyl (C=O) groups excluding carboxylic acids is 3. The number of amides is 3. The van der Waals surface area contributed by atoms with Gasteiger partial charge in [-0.25, -0.2) is 4.79 Å². The highest BCUT2D eigenvalue weighted by Gasteiger charge is 2.41. The molecule has 2 saturated heterocycles. The molecule has 0 spiro atoms. The van der Waals surface area contributed by atoms with Gasteiger partial charge in [0.25, 0.3) is 0 Å². The van der Waals surface area contributed by atoms with Gasteiger partial charge in [-0.1, -0.05) is 13.8 Å². The van der Waals surface area contributed by atoms with E-state index >= 15 is 0 Å². The molecule has 2 N–H and O–H groups in total. The number of carboxylic acids is 1. The maximum atomic E-state index is 13.0. The van der Waals surface area contributed by atoms with Gasteiger partial charge in [-0.05, 0) is 43.0 Å². The van der Waals surface area contributed by atoms with Gasteiger partial charge in [-0.2, -0.15) is 0 Å². The van der Waals surface area contributed by atoms with Gasteiger partial charge in [0.15, 0.2) is 0 Å². The summed E-state index contributed by atoms with van der Waals surface area (Å²) in [5, 5.41) is 12.2. The van der Waals surface area contributed by atoms with Gasteiger partial charge < -0.3 is 25.0 Å². The molecular formula is C22H29N3O6. The van der Waals surface area contributed by atoms with E-state index in [-0.39, 0.29) is 36.6 Å². The van der Waals surface area contributed by atoms with Crippen molar-refractivity contribution in [2.75, 3.05) is 25.1 Å². The molecule has 3 amide bonds. The third-order valence-corrected chi connectivity index (χ3v) is 5.93. The molecule has 1 aromatic carbocycles. The number of rotatable bonds is 7. The molecule has 9 heteroatoms. The SMILES string of the molecule is COc1ccc(N2CC(C(=O)N[C@H](C(=O)N3CCC[C@H]3C(=O)O)C(C)C)CC2=O)cc1. The molecule has 2 aliphatic rings. The predicted molar refractivity (Wildman–Crippen MR) is 113 cm³/mol. The van der Waals surface area contributed by atoms with Crippen LogP contribution in [-0.2, 0) is 19.2 Å². The van der Waals surface area contributed by atoms with Crippen molar-refractivity contribution in [1.82, 2.24) is 10.2 Å². The first kappa shape index (κ1) is 22.6. The summed E-state index contributed by atoms with van der Waals surface area (Å²) in [5.74, 6) is -2.09. The van der Waals surface area contributed by atoms with E-state index in [1.165, 1.54) is 4.90 Å². The van der Waals surface area contributed by atoms with E-state index in [4.69, 9.17) is 4.74 Å². The quantitative estimate of drug-likeness (QED) is 0.672. The van der Waals surface area contributed by atoms with Crippen molar-refractivity contribution >= 4 is 29.4 Å². The second-order valence-corrected chi connectivity index (χ2v) is 8.36. The number of likely N-dealkylation sites (tertiary alicyclic amines) is 1. The number of aliphatic carboxylic acids is 1. The predicted octanol–water partition coefficient (Wildman–Crippen LogP) is 1.26. The van der Waals surface area contributed by atoms with Crippen molar-refractivity contribution in [1.29, 1.82) is 0 Å². The third-order valence-electron chi connectivity index (χ3n) is 5.93. The summed E-state index contributed by atoms with van der Waals surface area (Å²) in [5.41, 5.74) is 0.680. The molecule has 2 aliphatic heterocycles. The molecule has 0 radical (unpaired) electrons. The fraction of sp³-hybridized carbons (Fsp3) is 0.545. The molecule has 168 valence electrons. The van der Waals surface area contributed by atoms with Crippen LogP contribution in [0, 0.1) is 11.8 Å². The summed E-state index contributed by atoms with van der Waals surface area (Å²) in [6.45, 7) is 4.19. The molecule has 3 atom stereocenters. The minimum Gasteiger partial charge on any atom is -0.497 e. The van der Waals surface area contributed by atoms with Gasteiger partial charge in [0.05, 0.1) is 13.0 Å². The highest BCUT2D eigenvalue weighted by atomic mass is 16.5. The molecule has 0 saturated carbocycles. The van der Waals surface area contributed by atoms with E-state index in [9.17, 15) is 24.3 Å². The molecule has 0 aliphatic carbocycles. The number of nitrogens with one attached hydrogen (secondary N) is 1. The van der Waals surface area contributed by atoms with Crippen molar-refractivity contribution in [3.8, 4) is 5.75 Å². The molecule has 1 aromatic rings. The zero-order valence-corrected chi connectivity index (χ0v) is 18.0. The average Bonchev–Trinajstić information content (AvgIpc) is 3.38.